The van der Waals surface area contributed by atoms with Gasteiger partial charge < -0.3 is 19.1 Å². The van der Waals surface area contributed by atoms with Crippen LogP contribution in [0, 0.1) is 5.82 Å². The van der Waals surface area contributed by atoms with Crippen molar-refractivity contribution >= 4 is 28.9 Å². The molecule has 2 amide bonds. The molecule has 194 valence electrons. The first-order valence-corrected chi connectivity index (χ1v) is 12.5. The molecule has 0 unspecified atom stereocenters. The second-order valence-corrected chi connectivity index (χ2v) is 9.24. The second kappa shape index (κ2) is 12.0. The number of halogens is 1. The highest BCUT2D eigenvalue weighted by atomic mass is 32.1. The lowest BCUT2D eigenvalue weighted by atomic mass is 9.99. The molecule has 0 fully saturated rings. The Morgan fingerprint density at radius 1 is 1.11 bits per heavy atom. The summed E-state index contributed by atoms with van der Waals surface area (Å²) in [6.07, 6.45) is 0.453. The fourth-order valence-corrected chi connectivity index (χ4v) is 4.89. The molecule has 0 N–H and O–H groups in total. The van der Waals surface area contributed by atoms with Gasteiger partial charge in [0.2, 0.25) is 0 Å². The first-order valence-electron chi connectivity index (χ1n) is 11.6. The zero-order valence-electron chi connectivity index (χ0n) is 20.8. The van der Waals surface area contributed by atoms with Crippen molar-refractivity contribution in [1.29, 1.82) is 0 Å². The first kappa shape index (κ1) is 26.3. The molecule has 1 atom stereocenters. The molecular formula is C27H28FN3O5S. The molecule has 0 radical (unpaired) electrons. The summed E-state index contributed by atoms with van der Waals surface area (Å²) in [7, 11) is 4.63. The molecule has 10 heteroatoms. The highest BCUT2D eigenvalue weighted by Gasteiger charge is 2.36. The summed E-state index contributed by atoms with van der Waals surface area (Å²) >= 11 is 1.53. The standard InChI is InChI=1S/C27H28FN3O5S/c1-34-13-12-30(27(33)19-7-4-5-8-21(19)28)17-26(32)31-23(16-22(29-31)25-9-6-14-37-25)20-15-18(35-2)10-11-24(20)36-3/h4-11,14-15,23H,12-13,16-17H2,1-3H3/t23-/m0/s1. The number of amides is 2. The van der Waals surface area contributed by atoms with E-state index in [1.165, 1.54) is 46.6 Å². The van der Waals surface area contributed by atoms with Gasteiger partial charge in [-0.1, -0.05) is 18.2 Å². The van der Waals surface area contributed by atoms with E-state index < -0.39 is 23.7 Å². The molecule has 0 aliphatic carbocycles. The summed E-state index contributed by atoms with van der Waals surface area (Å²) < 4.78 is 30.5. The maximum absolute atomic E-state index is 14.4. The smallest absolute Gasteiger partial charge is 0.262 e. The van der Waals surface area contributed by atoms with Crippen LogP contribution in [-0.2, 0) is 9.53 Å². The van der Waals surface area contributed by atoms with Crippen molar-refractivity contribution < 1.29 is 28.2 Å². The SMILES string of the molecule is COCCN(CC(=O)N1N=C(c2cccs2)C[C@H]1c1cc(OC)ccc1OC)C(=O)c1ccccc1F. The molecule has 0 saturated heterocycles. The van der Waals surface area contributed by atoms with E-state index in [2.05, 4.69) is 5.10 Å². The van der Waals surface area contributed by atoms with Crippen molar-refractivity contribution in [2.75, 3.05) is 41.0 Å². The second-order valence-electron chi connectivity index (χ2n) is 8.29. The number of thiophene rings is 1. The lowest BCUT2D eigenvalue weighted by molar-refractivity contribution is -0.133. The average Bonchev–Trinajstić information content (AvgIpc) is 3.61. The van der Waals surface area contributed by atoms with Gasteiger partial charge in [0.1, 0.15) is 23.9 Å². The van der Waals surface area contributed by atoms with Crippen molar-refractivity contribution in [2.45, 2.75) is 12.5 Å². The van der Waals surface area contributed by atoms with Gasteiger partial charge in [0.15, 0.2) is 0 Å². The Bertz CT molecular complexity index is 1280. The number of carbonyl (C=O) groups excluding carboxylic acids is 2. The maximum atomic E-state index is 14.4. The van der Waals surface area contributed by atoms with E-state index in [1.54, 1.807) is 32.4 Å². The molecule has 2 heterocycles. The quantitative estimate of drug-likeness (QED) is 0.393. The Balaban J connectivity index is 1.68. The highest BCUT2D eigenvalue weighted by Crippen LogP contribution is 2.39. The van der Waals surface area contributed by atoms with Crippen molar-refractivity contribution in [3.8, 4) is 11.5 Å². The van der Waals surface area contributed by atoms with Crippen molar-refractivity contribution in [3.05, 3.63) is 81.8 Å². The Labute approximate surface area is 218 Å². The molecule has 0 bridgehead atoms. The molecule has 3 aromatic rings. The normalized spacial score (nSPS) is 14.9. The molecule has 8 nitrogen and oxygen atoms in total. The van der Waals surface area contributed by atoms with Crippen LogP contribution < -0.4 is 9.47 Å². The molecule has 1 aliphatic rings. The third-order valence-electron chi connectivity index (χ3n) is 6.05. The summed E-state index contributed by atoms with van der Waals surface area (Å²) in [4.78, 5) is 29.1. The lowest BCUT2D eigenvalue weighted by Gasteiger charge is -2.28. The van der Waals surface area contributed by atoms with Crippen LogP contribution in [0.3, 0.4) is 0 Å². The van der Waals surface area contributed by atoms with Crippen molar-refractivity contribution in [1.82, 2.24) is 9.91 Å². The number of nitrogens with zero attached hydrogens (tertiary/aromatic N) is 3. The third kappa shape index (κ3) is 5.81. The number of hydrazone groups is 1. The van der Waals surface area contributed by atoms with Crippen LogP contribution in [0.1, 0.15) is 33.3 Å². The van der Waals surface area contributed by atoms with Gasteiger partial charge >= 0.3 is 0 Å². The maximum Gasteiger partial charge on any atom is 0.262 e. The van der Waals surface area contributed by atoms with Crippen LogP contribution in [-0.4, -0.2) is 68.5 Å². The first-order chi connectivity index (χ1) is 18.0. The van der Waals surface area contributed by atoms with E-state index in [9.17, 15) is 14.0 Å². The summed E-state index contributed by atoms with van der Waals surface area (Å²) in [5, 5.41) is 8.01. The molecule has 1 aliphatic heterocycles. The minimum absolute atomic E-state index is 0.109. The largest absolute Gasteiger partial charge is 0.497 e. The summed E-state index contributed by atoms with van der Waals surface area (Å²) in [5.41, 5.74) is 1.37. The molecule has 1 aromatic heterocycles. The predicted octanol–water partition coefficient (Wildman–Crippen LogP) is 4.37. The fourth-order valence-electron chi connectivity index (χ4n) is 4.17. The number of methoxy groups -OCH3 is 3. The molecular weight excluding hydrogens is 497 g/mol. The van der Waals surface area contributed by atoms with Crippen LogP contribution in [0.4, 0.5) is 4.39 Å². The Morgan fingerprint density at radius 2 is 1.92 bits per heavy atom. The zero-order chi connectivity index (χ0) is 26.4. The van der Waals surface area contributed by atoms with E-state index >= 15 is 0 Å². The van der Waals surface area contributed by atoms with Crippen molar-refractivity contribution in [3.63, 3.8) is 0 Å². The zero-order valence-corrected chi connectivity index (χ0v) is 21.7. The minimum Gasteiger partial charge on any atom is -0.497 e. The number of rotatable bonds is 10. The lowest BCUT2D eigenvalue weighted by Crippen LogP contribution is -2.43. The van der Waals surface area contributed by atoms with Gasteiger partial charge in [0, 0.05) is 25.6 Å². The van der Waals surface area contributed by atoms with E-state index in [0.29, 0.717) is 17.9 Å². The monoisotopic (exact) mass is 525 g/mol. The van der Waals surface area contributed by atoms with Crippen LogP contribution in [0.2, 0.25) is 0 Å². The number of ether oxygens (including phenoxy) is 3. The molecule has 4 rings (SSSR count). The third-order valence-corrected chi connectivity index (χ3v) is 6.97. The highest BCUT2D eigenvalue weighted by molar-refractivity contribution is 7.12. The van der Waals surface area contributed by atoms with Crippen LogP contribution in [0.15, 0.2) is 65.1 Å². The van der Waals surface area contributed by atoms with E-state index in [4.69, 9.17) is 14.2 Å². The Hall–Kier alpha value is -3.76. The Kier molecular flexibility index (Phi) is 8.52. The van der Waals surface area contributed by atoms with E-state index in [-0.39, 0.29) is 25.3 Å². The van der Waals surface area contributed by atoms with Gasteiger partial charge in [-0.25, -0.2) is 9.40 Å². The Morgan fingerprint density at radius 3 is 2.59 bits per heavy atom. The molecule has 2 aromatic carbocycles. The molecule has 0 saturated carbocycles. The van der Waals surface area contributed by atoms with Gasteiger partial charge in [-0.05, 0) is 41.8 Å². The number of hydrogen-bond donors (Lipinski definition) is 0. The van der Waals surface area contributed by atoms with Gasteiger partial charge in [-0.3, -0.25) is 9.59 Å². The average molecular weight is 526 g/mol. The van der Waals surface area contributed by atoms with Gasteiger partial charge in [0.05, 0.1) is 43.0 Å². The minimum atomic E-state index is -0.652. The number of carbonyl (C=O) groups is 2. The number of benzene rings is 2. The predicted molar refractivity (Wildman–Crippen MR) is 139 cm³/mol. The topological polar surface area (TPSA) is 80.7 Å². The van der Waals surface area contributed by atoms with Crippen LogP contribution in [0.5, 0.6) is 11.5 Å². The van der Waals surface area contributed by atoms with Crippen LogP contribution >= 0.6 is 11.3 Å². The molecule has 37 heavy (non-hydrogen) atoms. The number of hydrogen-bond acceptors (Lipinski definition) is 7. The molecule has 0 spiro atoms. The summed E-state index contributed by atoms with van der Waals surface area (Å²) in [6.45, 7) is -0.0112. The van der Waals surface area contributed by atoms with Crippen LogP contribution in [0.25, 0.3) is 0 Å². The van der Waals surface area contributed by atoms with Gasteiger partial charge in [-0.2, -0.15) is 5.10 Å². The summed E-state index contributed by atoms with van der Waals surface area (Å²) in [5.74, 6) is -0.461. The summed E-state index contributed by atoms with van der Waals surface area (Å²) in [6, 6.07) is 14.5. The van der Waals surface area contributed by atoms with E-state index in [1.807, 2.05) is 23.6 Å². The van der Waals surface area contributed by atoms with Crippen molar-refractivity contribution in [2.24, 2.45) is 5.10 Å². The van der Waals surface area contributed by atoms with Gasteiger partial charge in [0.25, 0.3) is 11.8 Å². The van der Waals surface area contributed by atoms with Gasteiger partial charge in [-0.15, -0.1) is 11.3 Å². The van der Waals surface area contributed by atoms with E-state index in [0.717, 1.165) is 16.2 Å². The fraction of sp³-hybridized carbons (Fsp3) is 0.296.